The van der Waals surface area contributed by atoms with E-state index in [1.807, 2.05) is 26.0 Å². The van der Waals surface area contributed by atoms with E-state index in [1.54, 1.807) is 30.3 Å². The molecule has 2 aromatic rings. The molecule has 108 valence electrons. The third kappa shape index (κ3) is 3.92. The first-order chi connectivity index (χ1) is 9.95. The van der Waals surface area contributed by atoms with Gasteiger partial charge in [-0.05, 0) is 49.7 Å². The SMILES string of the molecule is CC(=O)Oc1ccc(C(=O)Oc2ccc(C)cc2C)cc1. The van der Waals surface area contributed by atoms with Crippen molar-refractivity contribution in [3.8, 4) is 11.5 Å². The first-order valence-electron chi connectivity index (χ1n) is 6.53. The van der Waals surface area contributed by atoms with Crippen LogP contribution < -0.4 is 9.47 Å². The molecule has 0 spiro atoms. The van der Waals surface area contributed by atoms with E-state index in [2.05, 4.69) is 0 Å². The number of hydrogen-bond acceptors (Lipinski definition) is 4. The van der Waals surface area contributed by atoms with Crippen LogP contribution in [-0.4, -0.2) is 11.9 Å². The fraction of sp³-hybridized carbons (Fsp3) is 0.176. The molecule has 0 N–H and O–H groups in total. The van der Waals surface area contributed by atoms with Gasteiger partial charge in [0.15, 0.2) is 0 Å². The average molecular weight is 284 g/mol. The smallest absolute Gasteiger partial charge is 0.343 e. The quantitative estimate of drug-likeness (QED) is 0.640. The Bertz CT molecular complexity index is 672. The summed E-state index contributed by atoms with van der Waals surface area (Å²) < 4.78 is 10.3. The molecule has 0 atom stereocenters. The van der Waals surface area contributed by atoms with Crippen LogP contribution in [0.15, 0.2) is 42.5 Å². The Morgan fingerprint density at radius 3 is 2.14 bits per heavy atom. The standard InChI is InChI=1S/C17H16O4/c1-11-4-9-16(12(2)10-11)21-17(19)14-5-7-15(8-6-14)20-13(3)18/h4-10H,1-3H3. The van der Waals surface area contributed by atoms with Crippen molar-refractivity contribution < 1.29 is 19.1 Å². The zero-order valence-electron chi connectivity index (χ0n) is 12.2. The highest BCUT2D eigenvalue weighted by Crippen LogP contribution is 2.21. The molecule has 0 aliphatic heterocycles. The van der Waals surface area contributed by atoms with Crippen LogP contribution in [0.1, 0.15) is 28.4 Å². The van der Waals surface area contributed by atoms with E-state index in [-0.39, 0.29) is 0 Å². The number of aryl methyl sites for hydroxylation is 2. The van der Waals surface area contributed by atoms with Crippen molar-refractivity contribution in [1.29, 1.82) is 0 Å². The van der Waals surface area contributed by atoms with Crippen molar-refractivity contribution >= 4 is 11.9 Å². The predicted molar refractivity (Wildman–Crippen MR) is 78.6 cm³/mol. The number of carbonyl (C=O) groups excluding carboxylic acids is 2. The molecule has 0 fully saturated rings. The Labute approximate surface area is 123 Å². The minimum atomic E-state index is -0.448. The van der Waals surface area contributed by atoms with Crippen LogP contribution in [0, 0.1) is 13.8 Å². The van der Waals surface area contributed by atoms with E-state index in [1.165, 1.54) is 6.92 Å². The summed E-state index contributed by atoms with van der Waals surface area (Å²) in [5.74, 6) is 0.0807. The van der Waals surface area contributed by atoms with E-state index in [0.29, 0.717) is 17.1 Å². The Morgan fingerprint density at radius 1 is 0.905 bits per heavy atom. The minimum Gasteiger partial charge on any atom is -0.427 e. The summed E-state index contributed by atoms with van der Waals surface area (Å²) in [6.45, 7) is 5.19. The van der Waals surface area contributed by atoms with Crippen LogP contribution in [0.4, 0.5) is 0 Å². The van der Waals surface area contributed by atoms with E-state index in [9.17, 15) is 9.59 Å². The van der Waals surface area contributed by atoms with Gasteiger partial charge in [0, 0.05) is 6.92 Å². The van der Waals surface area contributed by atoms with Crippen LogP contribution in [-0.2, 0) is 4.79 Å². The van der Waals surface area contributed by atoms with Crippen LogP contribution in [0.3, 0.4) is 0 Å². The zero-order valence-corrected chi connectivity index (χ0v) is 12.2. The lowest BCUT2D eigenvalue weighted by Gasteiger charge is -2.08. The first kappa shape index (κ1) is 14.8. The highest BCUT2D eigenvalue weighted by molar-refractivity contribution is 5.91. The molecule has 0 radical (unpaired) electrons. The van der Waals surface area contributed by atoms with Gasteiger partial charge >= 0.3 is 11.9 Å². The van der Waals surface area contributed by atoms with Gasteiger partial charge in [-0.15, -0.1) is 0 Å². The van der Waals surface area contributed by atoms with Crippen molar-refractivity contribution in [2.24, 2.45) is 0 Å². The molecular formula is C17H16O4. The van der Waals surface area contributed by atoms with Gasteiger partial charge in [-0.25, -0.2) is 4.79 Å². The van der Waals surface area contributed by atoms with E-state index in [0.717, 1.165) is 11.1 Å². The summed E-state index contributed by atoms with van der Waals surface area (Å²) >= 11 is 0. The molecule has 0 aliphatic rings. The predicted octanol–water partition coefficient (Wildman–Crippen LogP) is 3.45. The number of hydrogen-bond donors (Lipinski definition) is 0. The van der Waals surface area contributed by atoms with E-state index >= 15 is 0 Å². The van der Waals surface area contributed by atoms with Crippen LogP contribution in [0.5, 0.6) is 11.5 Å². The Morgan fingerprint density at radius 2 is 1.57 bits per heavy atom. The normalized spacial score (nSPS) is 10.0. The Balaban J connectivity index is 2.11. The van der Waals surface area contributed by atoms with Crippen molar-refractivity contribution in [3.63, 3.8) is 0 Å². The summed E-state index contributed by atoms with van der Waals surface area (Å²) in [5.41, 5.74) is 2.41. The topological polar surface area (TPSA) is 52.6 Å². The molecule has 0 saturated heterocycles. The number of ether oxygens (including phenoxy) is 2. The maximum absolute atomic E-state index is 12.1. The first-order valence-corrected chi connectivity index (χ1v) is 6.53. The third-order valence-electron chi connectivity index (χ3n) is 2.88. The summed E-state index contributed by atoms with van der Waals surface area (Å²) in [5, 5.41) is 0. The molecular weight excluding hydrogens is 268 g/mol. The molecule has 4 nitrogen and oxygen atoms in total. The lowest BCUT2D eigenvalue weighted by Crippen LogP contribution is -2.09. The van der Waals surface area contributed by atoms with Gasteiger partial charge in [0.25, 0.3) is 0 Å². The Hall–Kier alpha value is -2.62. The zero-order chi connectivity index (χ0) is 15.4. The monoisotopic (exact) mass is 284 g/mol. The molecule has 2 rings (SSSR count). The molecule has 0 aromatic heterocycles. The van der Waals surface area contributed by atoms with Crippen molar-refractivity contribution in [2.45, 2.75) is 20.8 Å². The van der Waals surface area contributed by atoms with Gasteiger partial charge in [-0.1, -0.05) is 17.7 Å². The Kier molecular flexibility index (Phi) is 4.38. The maximum atomic E-state index is 12.1. The molecule has 0 saturated carbocycles. The number of esters is 2. The van der Waals surface area contributed by atoms with Gasteiger partial charge < -0.3 is 9.47 Å². The fourth-order valence-corrected chi connectivity index (χ4v) is 1.90. The second-order valence-corrected chi connectivity index (χ2v) is 4.78. The molecule has 0 heterocycles. The largest absolute Gasteiger partial charge is 0.427 e. The van der Waals surface area contributed by atoms with Crippen molar-refractivity contribution in [3.05, 3.63) is 59.2 Å². The molecule has 0 amide bonds. The maximum Gasteiger partial charge on any atom is 0.343 e. The van der Waals surface area contributed by atoms with Crippen molar-refractivity contribution in [2.75, 3.05) is 0 Å². The van der Waals surface area contributed by atoms with Crippen molar-refractivity contribution in [1.82, 2.24) is 0 Å². The van der Waals surface area contributed by atoms with Gasteiger partial charge in [-0.3, -0.25) is 4.79 Å². The minimum absolute atomic E-state index is 0.394. The molecule has 0 bridgehead atoms. The lowest BCUT2D eigenvalue weighted by molar-refractivity contribution is -0.131. The molecule has 2 aromatic carbocycles. The summed E-state index contributed by atoms with van der Waals surface area (Å²) in [6.07, 6.45) is 0. The average Bonchev–Trinajstić information content (AvgIpc) is 2.42. The number of benzene rings is 2. The van der Waals surface area contributed by atoms with Crippen LogP contribution in [0.25, 0.3) is 0 Å². The van der Waals surface area contributed by atoms with Gasteiger partial charge in [0.2, 0.25) is 0 Å². The van der Waals surface area contributed by atoms with Gasteiger partial charge in [-0.2, -0.15) is 0 Å². The molecule has 4 heteroatoms. The second-order valence-electron chi connectivity index (χ2n) is 4.78. The molecule has 0 aliphatic carbocycles. The summed E-state index contributed by atoms with van der Waals surface area (Å²) in [4.78, 5) is 22.9. The van der Waals surface area contributed by atoms with Crippen LogP contribution >= 0.6 is 0 Å². The highest BCUT2D eigenvalue weighted by Gasteiger charge is 2.10. The number of rotatable bonds is 3. The third-order valence-corrected chi connectivity index (χ3v) is 2.88. The van der Waals surface area contributed by atoms with Crippen LogP contribution in [0.2, 0.25) is 0 Å². The van der Waals surface area contributed by atoms with E-state index < -0.39 is 11.9 Å². The summed E-state index contributed by atoms with van der Waals surface area (Å²) in [7, 11) is 0. The number of carbonyl (C=O) groups is 2. The summed E-state index contributed by atoms with van der Waals surface area (Å²) in [6, 6.07) is 11.8. The fourth-order valence-electron chi connectivity index (χ4n) is 1.90. The lowest BCUT2D eigenvalue weighted by atomic mass is 10.1. The van der Waals surface area contributed by atoms with Gasteiger partial charge in [0.1, 0.15) is 11.5 Å². The molecule has 21 heavy (non-hydrogen) atoms. The van der Waals surface area contributed by atoms with Gasteiger partial charge in [0.05, 0.1) is 5.56 Å². The molecule has 0 unspecified atom stereocenters. The van der Waals surface area contributed by atoms with E-state index in [4.69, 9.17) is 9.47 Å². The highest BCUT2D eigenvalue weighted by atomic mass is 16.5. The second kappa shape index (κ2) is 6.22.